The van der Waals surface area contributed by atoms with Gasteiger partial charge in [0.2, 0.25) is 5.91 Å². The van der Waals surface area contributed by atoms with Crippen molar-refractivity contribution in [1.29, 1.82) is 0 Å². The maximum absolute atomic E-state index is 12.1. The largest absolute Gasteiger partial charge is 0.493 e. The lowest BCUT2D eigenvalue weighted by atomic mass is 10.2. The van der Waals surface area contributed by atoms with Crippen LogP contribution >= 0.6 is 0 Å². The molecular weight excluding hydrogens is 344 g/mol. The van der Waals surface area contributed by atoms with E-state index in [9.17, 15) is 13.6 Å². The molecule has 26 heavy (non-hydrogen) atoms. The van der Waals surface area contributed by atoms with Crippen LogP contribution in [0.4, 0.5) is 14.5 Å². The molecule has 7 heteroatoms. The minimum absolute atomic E-state index is 0.0232. The third-order valence-electron chi connectivity index (χ3n) is 3.26. The Kier molecular flexibility index (Phi) is 6.96. The maximum Gasteiger partial charge on any atom is 0.387 e. The van der Waals surface area contributed by atoms with Crippen LogP contribution in [0.5, 0.6) is 17.2 Å². The SMILES string of the molecule is CCOc1ccc(/C=C/C(=O)Nc2ccc(OC(F)F)cc2)cc1OC. The zero-order valence-electron chi connectivity index (χ0n) is 14.4. The van der Waals surface area contributed by atoms with Gasteiger partial charge in [0.1, 0.15) is 5.75 Å². The Morgan fingerprint density at radius 3 is 2.50 bits per heavy atom. The fourth-order valence-corrected chi connectivity index (χ4v) is 2.14. The maximum atomic E-state index is 12.1. The Hall–Kier alpha value is -3.09. The van der Waals surface area contributed by atoms with E-state index in [4.69, 9.17) is 9.47 Å². The van der Waals surface area contributed by atoms with Crippen molar-refractivity contribution in [2.75, 3.05) is 19.0 Å². The summed E-state index contributed by atoms with van der Waals surface area (Å²) in [7, 11) is 1.54. The lowest BCUT2D eigenvalue weighted by Crippen LogP contribution is -2.08. The van der Waals surface area contributed by atoms with Crippen LogP contribution in [0, 0.1) is 0 Å². The summed E-state index contributed by atoms with van der Waals surface area (Å²) in [6.07, 6.45) is 2.99. The van der Waals surface area contributed by atoms with Crippen molar-refractivity contribution in [2.24, 2.45) is 0 Å². The fraction of sp³-hybridized carbons (Fsp3) is 0.211. The first-order valence-electron chi connectivity index (χ1n) is 7.86. The molecule has 138 valence electrons. The number of methoxy groups -OCH3 is 1. The predicted octanol–water partition coefficient (Wildman–Crippen LogP) is 4.35. The summed E-state index contributed by atoms with van der Waals surface area (Å²) in [6, 6.07) is 11.0. The van der Waals surface area contributed by atoms with E-state index in [-0.39, 0.29) is 11.7 Å². The average molecular weight is 363 g/mol. The summed E-state index contributed by atoms with van der Waals surface area (Å²) in [5.41, 5.74) is 1.23. The summed E-state index contributed by atoms with van der Waals surface area (Å²) in [6.45, 7) is -0.483. The molecule has 2 rings (SSSR count). The molecule has 0 aliphatic heterocycles. The lowest BCUT2D eigenvalue weighted by molar-refractivity contribution is -0.111. The molecule has 0 unspecified atom stereocenters. The standard InChI is InChI=1S/C19H19F2NO4/c1-3-25-16-10-4-13(12-17(16)24-2)5-11-18(23)22-14-6-8-15(9-7-14)26-19(20)21/h4-12,19H,3H2,1-2H3,(H,22,23)/b11-5+. The number of hydrogen-bond donors (Lipinski definition) is 1. The monoisotopic (exact) mass is 363 g/mol. The zero-order valence-corrected chi connectivity index (χ0v) is 14.4. The molecule has 2 aromatic rings. The molecule has 0 spiro atoms. The lowest BCUT2D eigenvalue weighted by Gasteiger charge is -2.09. The number of halogens is 2. The number of nitrogens with one attached hydrogen (secondary N) is 1. The number of hydrogen-bond acceptors (Lipinski definition) is 4. The van der Waals surface area contributed by atoms with Crippen molar-refractivity contribution in [2.45, 2.75) is 13.5 Å². The molecule has 2 aromatic carbocycles. The number of anilines is 1. The molecule has 0 fully saturated rings. The Morgan fingerprint density at radius 2 is 1.88 bits per heavy atom. The number of ether oxygens (including phenoxy) is 3. The molecule has 0 radical (unpaired) electrons. The highest BCUT2D eigenvalue weighted by molar-refractivity contribution is 6.01. The predicted molar refractivity (Wildman–Crippen MR) is 94.9 cm³/mol. The van der Waals surface area contributed by atoms with E-state index < -0.39 is 6.61 Å². The van der Waals surface area contributed by atoms with E-state index in [1.54, 1.807) is 31.4 Å². The van der Waals surface area contributed by atoms with Crippen LogP contribution in [0.25, 0.3) is 6.08 Å². The van der Waals surface area contributed by atoms with Gasteiger partial charge >= 0.3 is 6.61 Å². The molecule has 0 aliphatic carbocycles. The van der Waals surface area contributed by atoms with Crippen LogP contribution in [0.1, 0.15) is 12.5 Å². The summed E-state index contributed by atoms with van der Waals surface area (Å²) in [5, 5.41) is 2.63. The normalized spacial score (nSPS) is 10.8. The van der Waals surface area contributed by atoms with Gasteiger partial charge in [0.15, 0.2) is 11.5 Å². The van der Waals surface area contributed by atoms with Gasteiger partial charge in [0, 0.05) is 11.8 Å². The zero-order chi connectivity index (χ0) is 18.9. The minimum Gasteiger partial charge on any atom is -0.493 e. The number of carbonyl (C=O) groups is 1. The molecule has 0 aromatic heterocycles. The first kappa shape index (κ1) is 19.2. The van der Waals surface area contributed by atoms with E-state index in [0.29, 0.717) is 23.8 Å². The molecule has 0 heterocycles. The Balaban J connectivity index is 1.98. The van der Waals surface area contributed by atoms with E-state index in [1.165, 1.54) is 30.3 Å². The van der Waals surface area contributed by atoms with Crippen molar-refractivity contribution in [3.63, 3.8) is 0 Å². The van der Waals surface area contributed by atoms with Crippen LogP contribution in [-0.4, -0.2) is 26.2 Å². The average Bonchev–Trinajstić information content (AvgIpc) is 2.62. The quantitative estimate of drug-likeness (QED) is 0.709. The van der Waals surface area contributed by atoms with Crippen molar-refractivity contribution in [3.8, 4) is 17.2 Å². The van der Waals surface area contributed by atoms with E-state index in [2.05, 4.69) is 10.1 Å². The van der Waals surface area contributed by atoms with Gasteiger partial charge in [-0.15, -0.1) is 0 Å². The van der Waals surface area contributed by atoms with Crippen molar-refractivity contribution >= 4 is 17.7 Å². The van der Waals surface area contributed by atoms with Crippen LogP contribution in [0.3, 0.4) is 0 Å². The summed E-state index contributed by atoms with van der Waals surface area (Å²) in [4.78, 5) is 12.0. The van der Waals surface area contributed by atoms with Gasteiger partial charge in [-0.1, -0.05) is 6.07 Å². The van der Waals surface area contributed by atoms with Gasteiger partial charge in [-0.05, 0) is 55.0 Å². The van der Waals surface area contributed by atoms with Gasteiger partial charge in [0.25, 0.3) is 0 Å². The van der Waals surface area contributed by atoms with Crippen molar-refractivity contribution in [3.05, 3.63) is 54.1 Å². The van der Waals surface area contributed by atoms with Crippen LogP contribution < -0.4 is 19.5 Å². The molecular formula is C19H19F2NO4. The van der Waals surface area contributed by atoms with Crippen LogP contribution in [-0.2, 0) is 4.79 Å². The molecule has 1 N–H and O–H groups in total. The summed E-state index contributed by atoms with van der Waals surface area (Å²) >= 11 is 0. The molecule has 0 aliphatic rings. The smallest absolute Gasteiger partial charge is 0.387 e. The second-order valence-electron chi connectivity index (χ2n) is 5.07. The number of amides is 1. The first-order chi connectivity index (χ1) is 12.5. The van der Waals surface area contributed by atoms with Crippen molar-refractivity contribution < 1.29 is 27.8 Å². The minimum atomic E-state index is -2.88. The molecule has 1 amide bonds. The van der Waals surface area contributed by atoms with Gasteiger partial charge in [-0.3, -0.25) is 4.79 Å². The topological polar surface area (TPSA) is 56.8 Å². The van der Waals surface area contributed by atoms with Crippen LogP contribution in [0.2, 0.25) is 0 Å². The Labute approximate surface area is 150 Å². The second kappa shape index (κ2) is 9.41. The molecule has 0 saturated carbocycles. The Morgan fingerprint density at radius 1 is 1.15 bits per heavy atom. The first-order valence-corrected chi connectivity index (χ1v) is 7.86. The third-order valence-corrected chi connectivity index (χ3v) is 3.26. The van der Waals surface area contributed by atoms with Gasteiger partial charge in [0.05, 0.1) is 13.7 Å². The molecule has 5 nitrogen and oxygen atoms in total. The number of rotatable bonds is 8. The van der Waals surface area contributed by atoms with E-state index in [1.807, 2.05) is 6.92 Å². The third kappa shape index (κ3) is 5.77. The summed E-state index contributed by atoms with van der Waals surface area (Å²) in [5.74, 6) is 0.863. The fourth-order valence-electron chi connectivity index (χ4n) is 2.14. The summed E-state index contributed by atoms with van der Waals surface area (Å²) < 4.78 is 39.1. The van der Waals surface area contributed by atoms with Crippen molar-refractivity contribution in [1.82, 2.24) is 0 Å². The molecule has 0 saturated heterocycles. The molecule has 0 bridgehead atoms. The van der Waals surface area contributed by atoms with Crippen LogP contribution in [0.15, 0.2) is 48.5 Å². The highest BCUT2D eigenvalue weighted by Crippen LogP contribution is 2.28. The molecule has 0 atom stereocenters. The van der Waals surface area contributed by atoms with Gasteiger partial charge in [-0.25, -0.2) is 0 Å². The number of benzene rings is 2. The Bertz CT molecular complexity index is 761. The van der Waals surface area contributed by atoms with Gasteiger partial charge in [-0.2, -0.15) is 8.78 Å². The van der Waals surface area contributed by atoms with E-state index >= 15 is 0 Å². The number of carbonyl (C=O) groups excluding carboxylic acids is 1. The highest BCUT2D eigenvalue weighted by atomic mass is 19.3. The second-order valence-corrected chi connectivity index (χ2v) is 5.07. The van der Waals surface area contributed by atoms with E-state index in [0.717, 1.165) is 5.56 Å². The number of alkyl halides is 2. The highest BCUT2D eigenvalue weighted by Gasteiger charge is 2.06. The van der Waals surface area contributed by atoms with Gasteiger partial charge < -0.3 is 19.5 Å².